The van der Waals surface area contributed by atoms with Gasteiger partial charge in [-0.15, -0.1) is 0 Å². The monoisotopic (exact) mass is 246 g/mol. The molecule has 1 aromatic heterocycles. The van der Waals surface area contributed by atoms with Crippen LogP contribution >= 0.6 is 15.9 Å². The topological polar surface area (TPSA) is 79.4 Å². The molecule has 0 bridgehead atoms. The number of nitrogens with two attached hydrogens (primary N) is 1. The maximum Gasteiger partial charge on any atom is 0.123 e. The Morgan fingerprint density at radius 1 is 1.46 bits per heavy atom. The van der Waals surface area contributed by atoms with Crippen molar-refractivity contribution in [1.29, 1.82) is 0 Å². The number of rotatable bonds is 3. The van der Waals surface area contributed by atoms with E-state index in [0.717, 1.165) is 4.47 Å². The molecule has 72 valence electrons. The summed E-state index contributed by atoms with van der Waals surface area (Å²) in [5.41, 5.74) is 5.61. The Labute approximate surface area is 84.5 Å². The third kappa shape index (κ3) is 2.73. The van der Waals surface area contributed by atoms with Crippen LogP contribution in [-0.4, -0.2) is 27.8 Å². The van der Waals surface area contributed by atoms with Crippen molar-refractivity contribution < 1.29 is 10.2 Å². The van der Waals surface area contributed by atoms with Gasteiger partial charge in [0.1, 0.15) is 6.10 Å². The van der Waals surface area contributed by atoms with Gasteiger partial charge in [-0.2, -0.15) is 0 Å². The molecule has 2 atom stereocenters. The van der Waals surface area contributed by atoms with Gasteiger partial charge < -0.3 is 15.9 Å². The van der Waals surface area contributed by atoms with Gasteiger partial charge in [-0.3, -0.25) is 4.98 Å². The first-order chi connectivity index (χ1) is 6.15. The van der Waals surface area contributed by atoms with Gasteiger partial charge in [-0.05, 0) is 28.1 Å². The average molecular weight is 247 g/mol. The molecular formula is C8H11BrN2O2. The summed E-state index contributed by atoms with van der Waals surface area (Å²) in [4.78, 5) is 3.93. The Kier molecular flexibility index (Phi) is 3.80. The average Bonchev–Trinajstić information content (AvgIpc) is 2.17. The Bertz CT molecular complexity index is 265. The van der Waals surface area contributed by atoms with Crippen molar-refractivity contribution in [2.45, 2.75) is 12.2 Å². The highest BCUT2D eigenvalue weighted by Crippen LogP contribution is 2.16. The van der Waals surface area contributed by atoms with Gasteiger partial charge in [0.05, 0.1) is 11.8 Å². The second-order valence-electron chi connectivity index (χ2n) is 2.65. The van der Waals surface area contributed by atoms with Crippen molar-refractivity contribution >= 4 is 15.9 Å². The fraction of sp³-hybridized carbons (Fsp3) is 0.375. The zero-order chi connectivity index (χ0) is 9.84. The van der Waals surface area contributed by atoms with Gasteiger partial charge in [0.15, 0.2) is 0 Å². The number of aliphatic hydroxyl groups is 2. The number of halogens is 1. The summed E-state index contributed by atoms with van der Waals surface area (Å²) in [6.07, 6.45) is -0.423. The predicted octanol–water partition coefficient (Wildman–Crippen LogP) is 0.197. The molecule has 0 fully saturated rings. The van der Waals surface area contributed by atoms with Crippen molar-refractivity contribution in [3.05, 3.63) is 28.5 Å². The van der Waals surface area contributed by atoms with Crippen LogP contribution in [0.3, 0.4) is 0 Å². The normalized spacial score (nSPS) is 15.4. The molecule has 0 amide bonds. The first-order valence-electron chi connectivity index (χ1n) is 3.83. The molecule has 2 unspecified atom stereocenters. The third-order valence-corrected chi connectivity index (χ3v) is 2.13. The standard InChI is InChI=1S/C8H11BrN2O2/c9-5-1-2-6(11-4-5)8(13)7(12)3-10/h1-2,4,7-8,12-13H,3,10H2. The van der Waals surface area contributed by atoms with E-state index in [1.807, 2.05) is 0 Å². The quantitative estimate of drug-likeness (QED) is 0.712. The molecule has 0 saturated heterocycles. The fourth-order valence-electron chi connectivity index (χ4n) is 0.888. The van der Waals surface area contributed by atoms with Crippen molar-refractivity contribution in [2.75, 3.05) is 6.54 Å². The molecule has 4 nitrogen and oxygen atoms in total. The number of pyridine rings is 1. The zero-order valence-electron chi connectivity index (χ0n) is 6.89. The lowest BCUT2D eigenvalue weighted by Gasteiger charge is -2.14. The van der Waals surface area contributed by atoms with Crippen LogP contribution < -0.4 is 5.73 Å². The van der Waals surface area contributed by atoms with E-state index in [2.05, 4.69) is 20.9 Å². The SMILES string of the molecule is NCC(O)C(O)c1ccc(Br)cn1. The van der Waals surface area contributed by atoms with Gasteiger partial charge >= 0.3 is 0 Å². The van der Waals surface area contributed by atoms with Crippen LogP contribution in [0.5, 0.6) is 0 Å². The van der Waals surface area contributed by atoms with Crippen LogP contribution in [0.1, 0.15) is 11.8 Å². The van der Waals surface area contributed by atoms with E-state index >= 15 is 0 Å². The summed E-state index contributed by atoms with van der Waals surface area (Å²) < 4.78 is 0.825. The highest BCUT2D eigenvalue weighted by Gasteiger charge is 2.17. The minimum absolute atomic E-state index is 0.0128. The molecule has 1 aromatic rings. The lowest BCUT2D eigenvalue weighted by Crippen LogP contribution is -2.27. The summed E-state index contributed by atoms with van der Waals surface area (Å²) in [6, 6.07) is 3.38. The summed E-state index contributed by atoms with van der Waals surface area (Å²) in [5, 5.41) is 18.7. The molecule has 0 aliphatic carbocycles. The molecule has 1 heterocycles. The van der Waals surface area contributed by atoms with Crippen LogP contribution in [0.15, 0.2) is 22.8 Å². The van der Waals surface area contributed by atoms with E-state index in [4.69, 9.17) is 5.73 Å². The number of hydrogen-bond donors (Lipinski definition) is 3. The van der Waals surface area contributed by atoms with Gasteiger partial charge in [0.2, 0.25) is 0 Å². The smallest absolute Gasteiger partial charge is 0.123 e. The molecule has 0 aromatic carbocycles. The Balaban J connectivity index is 2.77. The van der Waals surface area contributed by atoms with E-state index < -0.39 is 12.2 Å². The Morgan fingerprint density at radius 2 is 2.15 bits per heavy atom. The number of nitrogens with zero attached hydrogens (tertiary/aromatic N) is 1. The third-order valence-electron chi connectivity index (χ3n) is 1.66. The van der Waals surface area contributed by atoms with Gasteiger partial charge in [0.25, 0.3) is 0 Å². The second kappa shape index (κ2) is 4.66. The lowest BCUT2D eigenvalue weighted by molar-refractivity contribution is 0.0217. The fourth-order valence-corrected chi connectivity index (χ4v) is 1.12. The van der Waals surface area contributed by atoms with E-state index in [1.54, 1.807) is 18.3 Å². The van der Waals surface area contributed by atoms with E-state index in [0.29, 0.717) is 5.69 Å². The largest absolute Gasteiger partial charge is 0.389 e. The Morgan fingerprint density at radius 3 is 2.62 bits per heavy atom. The molecule has 0 aliphatic rings. The van der Waals surface area contributed by atoms with Crippen molar-refractivity contribution in [1.82, 2.24) is 4.98 Å². The first-order valence-corrected chi connectivity index (χ1v) is 4.62. The van der Waals surface area contributed by atoms with Crippen LogP contribution in [0, 0.1) is 0 Å². The maximum absolute atomic E-state index is 9.47. The Hall–Kier alpha value is -0.490. The lowest BCUT2D eigenvalue weighted by atomic mass is 10.1. The molecule has 0 saturated carbocycles. The molecule has 0 aliphatic heterocycles. The summed E-state index contributed by atoms with van der Waals surface area (Å²) in [5.74, 6) is 0. The summed E-state index contributed by atoms with van der Waals surface area (Å²) >= 11 is 3.22. The van der Waals surface area contributed by atoms with Crippen molar-refractivity contribution in [2.24, 2.45) is 5.73 Å². The number of aliphatic hydroxyl groups excluding tert-OH is 2. The van der Waals surface area contributed by atoms with Gasteiger partial charge in [-0.1, -0.05) is 0 Å². The molecular weight excluding hydrogens is 236 g/mol. The van der Waals surface area contributed by atoms with E-state index in [9.17, 15) is 10.2 Å². The summed E-state index contributed by atoms with van der Waals surface area (Å²) in [6.45, 7) is 0.0128. The van der Waals surface area contributed by atoms with Crippen LogP contribution in [0.25, 0.3) is 0 Å². The molecule has 13 heavy (non-hydrogen) atoms. The van der Waals surface area contributed by atoms with Gasteiger partial charge in [0, 0.05) is 17.2 Å². The molecule has 0 spiro atoms. The van der Waals surface area contributed by atoms with Crippen LogP contribution in [0.4, 0.5) is 0 Å². The zero-order valence-corrected chi connectivity index (χ0v) is 8.48. The minimum atomic E-state index is -1.02. The van der Waals surface area contributed by atoms with Crippen LogP contribution in [-0.2, 0) is 0 Å². The van der Waals surface area contributed by atoms with Crippen molar-refractivity contribution in [3.63, 3.8) is 0 Å². The van der Waals surface area contributed by atoms with E-state index in [-0.39, 0.29) is 6.54 Å². The molecule has 4 N–H and O–H groups in total. The highest BCUT2D eigenvalue weighted by molar-refractivity contribution is 9.10. The molecule has 0 radical (unpaired) electrons. The highest BCUT2D eigenvalue weighted by atomic mass is 79.9. The van der Waals surface area contributed by atoms with Crippen LogP contribution in [0.2, 0.25) is 0 Å². The van der Waals surface area contributed by atoms with E-state index in [1.165, 1.54) is 0 Å². The van der Waals surface area contributed by atoms with Crippen molar-refractivity contribution in [3.8, 4) is 0 Å². The number of aromatic nitrogens is 1. The minimum Gasteiger partial charge on any atom is -0.389 e. The molecule has 5 heteroatoms. The first kappa shape index (κ1) is 10.6. The van der Waals surface area contributed by atoms with Gasteiger partial charge in [-0.25, -0.2) is 0 Å². The summed E-state index contributed by atoms with van der Waals surface area (Å²) in [7, 11) is 0. The number of hydrogen-bond acceptors (Lipinski definition) is 4. The maximum atomic E-state index is 9.47. The predicted molar refractivity (Wildman–Crippen MR) is 52.0 cm³/mol. The second-order valence-corrected chi connectivity index (χ2v) is 3.56. The molecule has 1 rings (SSSR count).